The van der Waals surface area contributed by atoms with Crippen molar-refractivity contribution in [3.05, 3.63) is 64.9 Å². The predicted molar refractivity (Wildman–Crippen MR) is 115 cm³/mol. The van der Waals surface area contributed by atoms with Crippen molar-refractivity contribution in [2.75, 3.05) is 24.5 Å². The van der Waals surface area contributed by atoms with Crippen molar-refractivity contribution in [1.82, 2.24) is 14.7 Å². The number of sulfonamides is 1. The fourth-order valence-corrected chi connectivity index (χ4v) is 5.03. The summed E-state index contributed by atoms with van der Waals surface area (Å²) < 4.78 is 70.8. The molecule has 13 heteroatoms. The zero-order chi connectivity index (χ0) is 22.7. The second-order valence-electron chi connectivity index (χ2n) is 6.78. The molecule has 0 aliphatic carbocycles. The molecule has 0 spiro atoms. The van der Waals surface area contributed by atoms with Gasteiger partial charge in [-0.25, -0.2) is 22.2 Å². The van der Waals surface area contributed by atoms with Gasteiger partial charge in [0.1, 0.15) is 29.8 Å². The molecule has 1 aromatic heterocycles. The Morgan fingerprint density at radius 3 is 2.75 bits per heavy atom. The summed E-state index contributed by atoms with van der Waals surface area (Å²) in [5, 5.41) is 3.74. The molecule has 1 saturated heterocycles. The van der Waals surface area contributed by atoms with E-state index in [1.807, 2.05) is 16.9 Å². The first-order valence-electron chi connectivity index (χ1n) is 9.35. The van der Waals surface area contributed by atoms with Crippen LogP contribution < -0.4 is 14.8 Å². The number of ether oxygens (including phenoxy) is 2. The van der Waals surface area contributed by atoms with Crippen molar-refractivity contribution in [2.24, 2.45) is 0 Å². The van der Waals surface area contributed by atoms with Crippen LogP contribution in [-0.4, -0.2) is 43.6 Å². The molecular weight excluding hydrogens is 486 g/mol. The minimum Gasteiger partial charge on any atom is -0.489 e. The highest BCUT2D eigenvalue weighted by Gasteiger charge is 2.29. The van der Waals surface area contributed by atoms with Crippen LogP contribution in [-0.2, 0) is 14.8 Å². The van der Waals surface area contributed by atoms with Crippen LogP contribution in [0.15, 0.2) is 47.6 Å². The normalized spacial score (nSPS) is 19.0. The van der Waals surface area contributed by atoms with Crippen LogP contribution in [0.2, 0.25) is 5.02 Å². The van der Waals surface area contributed by atoms with Crippen LogP contribution >= 0.6 is 23.1 Å². The highest BCUT2D eigenvalue weighted by atomic mass is 35.5. The summed E-state index contributed by atoms with van der Waals surface area (Å²) in [5.74, 6) is -2.61. The molecule has 2 atom stereocenters. The smallest absolute Gasteiger partial charge is 0.266 e. The lowest BCUT2D eigenvalue weighted by atomic mass is 10.0. The largest absolute Gasteiger partial charge is 0.489 e. The molecule has 0 amide bonds. The Labute approximate surface area is 191 Å². The number of benzene rings is 2. The van der Waals surface area contributed by atoms with Crippen molar-refractivity contribution < 1.29 is 26.7 Å². The maximum Gasteiger partial charge on any atom is 0.266 e. The third-order valence-electron chi connectivity index (χ3n) is 4.65. The van der Waals surface area contributed by atoms with E-state index >= 15 is 0 Å². The summed E-state index contributed by atoms with van der Waals surface area (Å²) in [6.45, 7) is 0.989. The lowest BCUT2D eigenvalue weighted by Crippen LogP contribution is -2.47. The maximum atomic E-state index is 14.6. The molecule has 1 aliphatic heterocycles. The van der Waals surface area contributed by atoms with Gasteiger partial charge in [-0.3, -0.25) is 4.72 Å². The van der Waals surface area contributed by atoms with E-state index in [1.54, 1.807) is 12.1 Å². The van der Waals surface area contributed by atoms with Gasteiger partial charge in [-0.15, -0.1) is 0 Å². The molecule has 2 N–H and O–H groups in total. The van der Waals surface area contributed by atoms with Gasteiger partial charge in [0.15, 0.2) is 11.6 Å². The number of rotatable bonds is 7. The monoisotopic (exact) mass is 502 g/mol. The topological polar surface area (TPSA) is 102 Å². The van der Waals surface area contributed by atoms with E-state index in [0.717, 1.165) is 23.4 Å². The zero-order valence-corrected chi connectivity index (χ0v) is 18.7. The van der Waals surface area contributed by atoms with Gasteiger partial charge in [-0.05, 0) is 17.7 Å². The molecule has 4 rings (SSSR count). The van der Waals surface area contributed by atoms with E-state index < -0.39 is 32.3 Å². The Balaban J connectivity index is 1.49. The number of morpholine rings is 1. The van der Waals surface area contributed by atoms with Crippen molar-refractivity contribution >= 4 is 38.3 Å². The summed E-state index contributed by atoms with van der Waals surface area (Å²) in [5.41, 5.74) is 0.853. The number of anilines is 1. The van der Waals surface area contributed by atoms with Crippen LogP contribution in [0.4, 0.5) is 13.9 Å². The van der Waals surface area contributed by atoms with Crippen LogP contribution in [0.25, 0.3) is 0 Å². The number of hydrogen-bond acceptors (Lipinski definition) is 8. The molecule has 170 valence electrons. The molecule has 2 unspecified atom stereocenters. The lowest BCUT2D eigenvalue weighted by molar-refractivity contribution is -0.0183. The Bertz CT molecular complexity index is 1180. The third kappa shape index (κ3) is 5.15. The van der Waals surface area contributed by atoms with E-state index in [4.69, 9.17) is 21.1 Å². The number of halogens is 3. The first-order valence-corrected chi connectivity index (χ1v) is 12.0. The Kier molecular flexibility index (Phi) is 6.86. The van der Waals surface area contributed by atoms with E-state index in [0.29, 0.717) is 30.3 Å². The quantitative estimate of drug-likeness (QED) is 0.510. The molecule has 2 heterocycles. The number of nitrogens with one attached hydrogen (secondary N) is 2. The highest BCUT2D eigenvalue weighted by molar-refractivity contribution is 7.93. The summed E-state index contributed by atoms with van der Waals surface area (Å²) >= 11 is 6.70. The Hall–Kier alpha value is -2.38. The SMILES string of the molecule is O=S(=O)(Nc1ncns1)c1cc(F)c(OCC2NCCOC2c2ccc(Cl)cc2)cc1F. The number of aromatic nitrogens is 2. The van der Waals surface area contributed by atoms with E-state index in [2.05, 4.69) is 14.7 Å². The molecular formula is C19H17ClF2N4O4S2. The van der Waals surface area contributed by atoms with Crippen molar-refractivity contribution in [2.45, 2.75) is 17.0 Å². The molecule has 1 aliphatic rings. The van der Waals surface area contributed by atoms with Crippen molar-refractivity contribution in [1.29, 1.82) is 0 Å². The van der Waals surface area contributed by atoms with E-state index in [9.17, 15) is 17.2 Å². The first-order chi connectivity index (χ1) is 15.3. The fourth-order valence-electron chi connectivity index (χ4n) is 3.18. The van der Waals surface area contributed by atoms with Crippen molar-refractivity contribution in [3.63, 3.8) is 0 Å². The molecule has 0 saturated carbocycles. The van der Waals surface area contributed by atoms with E-state index in [-0.39, 0.29) is 23.9 Å². The summed E-state index contributed by atoms with van der Waals surface area (Å²) in [6.07, 6.45) is 0.751. The van der Waals surface area contributed by atoms with Crippen LogP contribution in [0.3, 0.4) is 0 Å². The van der Waals surface area contributed by atoms with Crippen LogP contribution in [0.1, 0.15) is 11.7 Å². The average molecular weight is 503 g/mol. The lowest BCUT2D eigenvalue weighted by Gasteiger charge is -2.33. The van der Waals surface area contributed by atoms with Gasteiger partial charge in [0.05, 0.1) is 12.6 Å². The van der Waals surface area contributed by atoms with Gasteiger partial charge in [0, 0.05) is 35.2 Å². The maximum absolute atomic E-state index is 14.6. The second kappa shape index (κ2) is 9.63. The summed E-state index contributed by atoms with van der Waals surface area (Å²) in [6, 6.07) is 8.01. The first kappa shape index (κ1) is 22.8. The van der Waals surface area contributed by atoms with Gasteiger partial charge < -0.3 is 14.8 Å². The van der Waals surface area contributed by atoms with Crippen LogP contribution in [0, 0.1) is 11.6 Å². The molecule has 1 fully saturated rings. The fraction of sp³-hybridized carbons (Fsp3) is 0.263. The molecule has 2 aromatic carbocycles. The van der Waals surface area contributed by atoms with Gasteiger partial charge in [0.25, 0.3) is 10.0 Å². The van der Waals surface area contributed by atoms with E-state index in [1.165, 1.54) is 0 Å². The standard InChI is InChI=1S/C19H17ClF2N4O4S2/c20-12-3-1-11(2-4-12)18-15(23-5-6-29-18)9-30-16-7-14(22)17(8-13(16)21)32(27,28)26-19-24-10-25-31-19/h1-4,7-8,10,15,18,23H,5-6,9H2,(H,24,25,26). The molecule has 0 radical (unpaired) electrons. The van der Waals surface area contributed by atoms with Gasteiger partial charge in [-0.1, -0.05) is 23.7 Å². The third-order valence-corrected chi connectivity index (χ3v) is 6.96. The summed E-state index contributed by atoms with van der Waals surface area (Å²) in [7, 11) is -4.39. The number of hydrogen-bond donors (Lipinski definition) is 2. The molecule has 3 aromatic rings. The minimum atomic E-state index is -4.39. The molecule has 0 bridgehead atoms. The highest BCUT2D eigenvalue weighted by Crippen LogP contribution is 2.29. The zero-order valence-electron chi connectivity index (χ0n) is 16.3. The van der Waals surface area contributed by atoms with Gasteiger partial charge in [-0.2, -0.15) is 4.37 Å². The predicted octanol–water partition coefficient (Wildman–Crippen LogP) is 3.38. The Morgan fingerprint density at radius 1 is 1.25 bits per heavy atom. The van der Waals surface area contributed by atoms with Crippen LogP contribution in [0.5, 0.6) is 5.75 Å². The molecule has 32 heavy (non-hydrogen) atoms. The average Bonchev–Trinajstić information content (AvgIpc) is 3.27. The Morgan fingerprint density at radius 2 is 2.03 bits per heavy atom. The van der Waals surface area contributed by atoms with Crippen molar-refractivity contribution in [3.8, 4) is 5.75 Å². The molecule has 8 nitrogen and oxygen atoms in total. The number of nitrogens with zero attached hydrogens (tertiary/aromatic N) is 2. The second-order valence-corrected chi connectivity index (χ2v) is 9.65. The minimum absolute atomic E-state index is 0.0429. The van der Waals surface area contributed by atoms with Gasteiger partial charge >= 0.3 is 0 Å². The summed E-state index contributed by atoms with van der Waals surface area (Å²) in [4.78, 5) is 2.80. The van der Waals surface area contributed by atoms with Gasteiger partial charge in [0.2, 0.25) is 5.13 Å².